The highest BCUT2D eigenvalue weighted by Crippen LogP contribution is 2.11. The molecule has 0 bridgehead atoms. The van der Waals surface area contributed by atoms with Crippen LogP contribution in [0.15, 0.2) is 12.3 Å². The minimum atomic E-state index is -2.84. The molecule has 6 heteroatoms. The number of carbonyl (C=O) groups excluding carboxylic acids is 1. The van der Waals surface area contributed by atoms with E-state index in [1.165, 1.54) is 12.3 Å². The maximum Gasteiger partial charge on any atom is 0.322 e. The van der Waals surface area contributed by atoms with Gasteiger partial charge in [0.05, 0.1) is 6.20 Å². The van der Waals surface area contributed by atoms with Crippen LogP contribution >= 0.6 is 0 Å². The summed E-state index contributed by atoms with van der Waals surface area (Å²) >= 11 is 0. The lowest BCUT2D eigenvalue weighted by atomic mass is 10.6. The highest BCUT2D eigenvalue weighted by Gasteiger charge is 2.16. The van der Waals surface area contributed by atoms with Crippen LogP contribution in [0, 0.1) is 0 Å². The molecule has 0 unspecified atom stereocenters. The molecule has 11 heavy (non-hydrogen) atoms. The third-order valence-corrected chi connectivity index (χ3v) is 1.09. The van der Waals surface area contributed by atoms with Crippen molar-refractivity contribution in [3.63, 3.8) is 0 Å². The molecule has 0 aromatic carbocycles. The maximum atomic E-state index is 11.9. The zero-order valence-electron chi connectivity index (χ0n) is 5.37. The first-order valence-electron chi connectivity index (χ1n) is 2.77. The van der Waals surface area contributed by atoms with Gasteiger partial charge in [-0.05, 0) is 0 Å². The summed E-state index contributed by atoms with van der Waals surface area (Å²) in [5.74, 6) is -0.0185. The van der Waals surface area contributed by atoms with Gasteiger partial charge >= 0.3 is 6.55 Å². The SMILES string of the molecule is O=CN(c1ccn[nH]1)C(F)F. The molecule has 0 aliphatic rings. The number of anilines is 1. The number of aromatic amines is 1. The minimum Gasteiger partial charge on any atom is -0.278 e. The number of alkyl halides is 2. The molecule has 0 atom stereocenters. The molecule has 1 aromatic heterocycles. The Morgan fingerprint density at radius 3 is 2.82 bits per heavy atom. The van der Waals surface area contributed by atoms with Crippen molar-refractivity contribution in [2.45, 2.75) is 6.55 Å². The zero-order valence-corrected chi connectivity index (χ0v) is 5.37. The van der Waals surface area contributed by atoms with E-state index in [2.05, 4.69) is 10.2 Å². The fourth-order valence-corrected chi connectivity index (χ4v) is 0.600. The van der Waals surface area contributed by atoms with E-state index in [1.807, 2.05) is 0 Å². The average Bonchev–Trinajstić information content (AvgIpc) is 2.40. The minimum absolute atomic E-state index is 0.0185. The van der Waals surface area contributed by atoms with Gasteiger partial charge in [0.15, 0.2) is 0 Å². The van der Waals surface area contributed by atoms with Gasteiger partial charge in [-0.1, -0.05) is 0 Å². The summed E-state index contributed by atoms with van der Waals surface area (Å²) in [6.45, 7) is -2.84. The van der Waals surface area contributed by atoms with Gasteiger partial charge in [-0.2, -0.15) is 13.9 Å². The summed E-state index contributed by atoms with van der Waals surface area (Å²) < 4.78 is 23.8. The third kappa shape index (κ3) is 1.51. The molecule has 0 aliphatic heterocycles. The summed E-state index contributed by atoms with van der Waals surface area (Å²) in [4.78, 5) is 10.3. The first-order chi connectivity index (χ1) is 5.25. The van der Waals surface area contributed by atoms with E-state index < -0.39 is 6.55 Å². The van der Waals surface area contributed by atoms with Gasteiger partial charge in [0, 0.05) is 6.07 Å². The Hall–Kier alpha value is -1.46. The number of hydrogen-bond acceptors (Lipinski definition) is 2. The molecule has 0 radical (unpaired) electrons. The van der Waals surface area contributed by atoms with Crippen molar-refractivity contribution in [2.75, 3.05) is 4.90 Å². The Morgan fingerprint density at radius 2 is 2.45 bits per heavy atom. The molecule has 60 valence electrons. The number of nitrogens with one attached hydrogen (secondary N) is 1. The van der Waals surface area contributed by atoms with E-state index in [0.717, 1.165) is 0 Å². The topological polar surface area (TPSA) is 49.0 Å². The molecule has 1 heterocycles. The normalized spacial score (nSPS) is 10.1. The van der Waals surface area contributed by atoms with Crippen LogP contribution in [0.2, 0.25) is 0 Å². The van der Waals surface area contributed by atoms with Crippen molar-refractivity contribution in [2.24, 2.45) is 0 Å². The van der Waals surface area contributed by atoms with Gasteiger partial charge in [0.25, 0.3) is 0 Å². The molecular weight excluding hydrogens is 156 g/mol. The molecule has 0 spiro atoms. The average molecular weight is 161 g/mol. The van der Waals surface area contributed by atoms with Gasteiger partial charge in [-0.15, -0.1) is 0 Å². The van der Waals surface area contributed by atoms with Gasteiger partial charge < -0.3 is 0 Å². The molecule has 0 saturated heterocycles. The number of carbonyl (C=O) groups is 1. The summed E-state index contributed by atoms with van der Waals surface area (Å²) in [5, 5.41) is 5.65. The van der Waals surface area contributed by atoms with Crippen LogP contribution in [0.25, 0.3) is 0 Å². The van der Waals surface area contributed by atoms with E-state index >= 15 is 0 Å². The van der Waals surface area contributed by atoms with Crippen molar-refractivity contribution in [1.29, 1.82) is 0 Å². The molecule has 1 N–H and O–H groups in total. The number of H-pyrrole nitrogens is 1. The van der Waals surface area contributed by atoms with Gasteiger partial charge in [-0.3, -0.25) is 9.89 Å². The van der Waals surface area contributed by atoms with Crippen LogP contribution in [-0.2, 0) is 4.79 Å². The summed E-state index contributed by atoms with van der Waals surface area (Å²) in [5.41, 5.74) is 0. The predicted molar refractivity (Wildman–Crippen MR) is 33.1 cm³/mol. The second-order valence-corrected chi connectivity index (χ2v) is 1.73. The quantitative estimate of drug-likeness (QED) is 0.521. The number of hydrogen-bond donors (Lipinski definition) is 1. The van der Waals surface area contributed by atoms with Gasteiger partial charge in [0.2, 0.25) is 6.41 Å². The monoisotopic (exact) mass is 161 g/mol. The fraction of sp³-hybridized carbons (Fsp3) is 0.200. The number of nitrogens with zero attached hydrogens (tertiary/aromatic N) is 2. The Kier molecular flexibility index (Phi) is 2.15. The Morgan fingerprint density at radius 1 is 1.73 bits per heavy atom. The highest BCUT2D eigenvalue weighted by molar-refractivity contribution is 5.72. The van der Waals surface area contributed by atoms with Gasteiger partial charge in [-0.25, -0.2) is 4.90 Å². The Labute approximate surface area is 60.8 Å². The fourth-order valence-electron chi connectivity index (χ4n) is 0.600. The van der Waals surface area contributed by atoms with E-state index in [-0.39, 0.29) is 17.1 Å². The number of halogens is 2. The summed E-state index contributed by atoms with van der Waals surface area (Å²) in [7, 11) is 0. The van der Waals surface area contributed by atoms with Gasteiger partial charge in [0.1, 0.15) is 5.82 Å². The van der Waals surface area contributed by atoms with E-state index in [9.17, 15) is 13.6 Å². The molecule has 0 aliphatic carbocycles. The van der Waals surface area contributed by atoms with Crippen molar-refractivity contribution < 1.29 is 13.6 Å². The molecule has 1 rings (SSSR count). The van der Waals surface area contributed by atoms with Crippen LogP contribution in [0.1, 0.15) is 0 Å². The predicted octanol–water partition coefficient (Wildman–Crippen LogP) is 0.595. The highest BCUT2D eigenvalue weighted by atomic mass is 19.3. The lowest BCUT2D eigenvalue weighted by Gasteiger charge is -2.11. The molecule has 4 nitrogen and oxygen atoms in total. The number of aromatic nitrogens is 2. The molecular formula is C5H5F2N3O. The summed E-state index contributed by atoms with van der Waals surface area (Å²) in [6.07, 6.45) is 1.33. The van der Waals surface area contributed by atoms with Crippen LogP contribution in [-0.4, -0.2) is 23.2 Å². The number of amides is 1. The summed E-state index contributed by atoms with van der Waals surface area (Å²) in [6, 6.07) is 1.28. The molecule has 1 amide bonds. The molecule has 1 aromatic rings. The van der Waals surface area contributed by atoms with Crippen LogP contribution in [0.4, 0.5) is 14.6 Å². The van der Waals surface area contributed by atoms with Crippen LogP contribution in [0.3, 0.4) is 0 Å². The first-order valence-corrected chi connectivity index (χ1v) is 2.77. The van der Waals surface area contributed by atoms with E-state index in [4.69, 9.17) is 0 Å². The zero-order chi connectivity index (χ0) is 8.27. The smallest absolute Gasteiger partial charge is 0.278 e. The van der Waals surface area contributed by atoms with Crippen molar-refractivity contribution in [1.82, 2.24) is 10.2 Å². The second-order valence-electron chi connectivity index (χ2n) is 1.73. The van der Waals surface area contributed by atoms with Crippen molar-refractivity contribution >= 4 is 12.2 Å². The van der Waals surface area contributed by atoms with Crippen molar-refractivity contribution in [3.05, 3.63) is 12.3 Å². The van der Waals surface area contributed by atoms with E-state index in [0.29, 0.717) is 0 Å². The Bertz CT molecular complexity index is 224. The number of rotatable bonds is 3. The molecule has 0 saturated carbocycles. The van der Waals surface area contributed by atoms with Crippen molar-refractivity contribution in [3.8, 4) is 0 Å². The van der Waals surface area contributed by atoms with E-state index in [1.54, 1.807) is 0 Å². The lowest BCUT2D eigenvalue weighted by molar-refractivity contribution is -0.109. The third-order valence-electron chi connectivity index (χ3n) is 1.09. The van der Waals surface area contributed by atoms with Crippen LogP contribution in [0.5, 0.6) is 0 Å². The molecule has 0 fully saturated rings. The first kappa shape index (κ1) is 7.64. The second kappa shape index (κ2) is 3.09. The Balaban J connectivity index is 2.79. The lowest BCUT2D eigenvalue weighted by Crippen LogP contribution is -2.27. The standard InChI is InChI=1S/C5H5F2N3O/c6-5(7)10(3-11)4-1-2-8-9-4/h1-3,5H,(H,8,9). The largest absolute Gasteiger partial charge is 0.322 e. The van der Waals surface area contributed by atoms with Crippen LogP contribution < -0.4 is 4.90 Å². The maximum absolute atomic E-state index is 11.9.